The topological polar surface area (TPSA) is 81.2 Å². The van der Waals surface area contributed by atoms with Gasteiger partial charge in [-0.25, -0.2) is 18.5 Å². The summed E-state index contributed by atoms with van der Waals surface area (Å²) in [5.41, 5.74) is 5.15. The van der Waals surface area contributed by atoms with E-state index in [1.54, 1.807) is 35.6 Å². The molecule has 6 nitrogen and oxygen atoms in total. The van der Waals surface area contributed by atoms with Crippen molar-refractivity contribution in [1.82, 2.24) is 9.55 Å². The number of nitrogens with two attached hydrogens (primary N) is 1. The number of piperidine rings is 1. The van der Waals surface area contributed by atoms with Crippen LogP contribution in [0.15, 0.2) is 40.6 Å². The molecule has 0 atom stereocenters. The van der Waals surface area contributed by atoms with E-state index in [-0.39, 0.29) is 4.90 Å². The van der Waals surface area contributed by atoms with Gasteiger partial charge in [0.25, 0.3) is 0 Å². The van der Waals surface area contributed by atoms with E-state index in [1.165, 1.54) is 19.3 Å². The predicted octanol–water partition coefficient (Wildman–Crippen LogP) is 3.86. The van der Waals surface area contributed by atoms with Crippen molar-refractivity contribution in [3.63, 3.8) is 0 Å². The molecule has 0 aliphatic carbocycles. The Morgan fingerprint density at radius 3 is 2.39 bits per heavy atom. The van der Waals surface area contributed by atoms with Crippen LogP contribution in [0.2, 0.25) is 0 Å². The molecule has 28 heavy (non-hydrogen) atoms. The highest BCUT2D eigenvalue weighted by Gasteiger charge is 2.18. The Balaban J connectivity index is 1.67. The first-order chi connectivity index (χ1) is 13.3. The van der Waals surface area contributed by atoms with Gasteiger partial charge in [0.2, 0.25) is 10.0 Å². The number of hydrogen-bond acceptors (Lipinski definition) is 5. The van der Waals surface area contributed by atoms with Crippen LogP contribution in [0, 0.1) is 13.8 Å². The summed E-state index contributed by atoms with van der Waals surface area (Å²) in [5, 5.41) is 8.42. The van der Waals surface area contributed by atoms with Crippen LogP contribution in [0.1, 0.15) is 30.7 Å². The highest BCUT2D eigenvalue weighted by molar-refractivity contribution is 7.89. The number of aryl methyl sites for hydroxylation is 1. The summed E-state index contributed by atoms with van der Waals surface area (Å²) < 4.78 is 25.1. The van der Waals surface area contributed by atoms with Crippen molar-refractivity contribution < 1.29 is 8.42 Å². The summed E-state index contributed by atoms with van der Waals surface area (Å²) in [6.45, 7) is 6.28. The van der Waals surface area contributed by atoms with Gasteiger partial charge in [-0.05, 0) is 63.4 Å². The second kappa shape index (κ2) is 7.35. The van der Waals surface area contributed by atoms with Crippen molar-refractivity contribution in [3.05, 3.63) is 47.1 Å². The van der Waals surface area contributed by atoms with Crippen molar-refractivity contribution in [1.29, 1.82) is 0 Å². The number of primary sulfonamides is 1. The summed E-state index contributed by atoms with van der Waals surface area (Å²) in [4.78, 5) is 7.39. The number of rotatable bonds is 4. The maximum Gasteiger partial charge on any atom is 0.238 e. The van der Waals surface area contributed by atoms with Crippen molar-refractivity contribution in [2.24, 2.45) is 5.14 Å². The van der Waals surface area contributed by atoms with Gasteiger partial charge in [-0.15, -0.1) is 11.3 Å². The Morgan fingerprint density at radius 1 is 1.07 bits per heavy atom. The SMILES string of the molecule is Cc1cc(-c2csc(N3CCCCC3)n2)c(C)n1-c1ccc(S(N)(=O)=O)cc1. The van der Waals surface area contributed by atoms with Gasteiger partial charge in [0.15, 0.2) is 5.13 Å². The monoisotopic (exact) mass is 416 g/mol. The van der Waals surface area contributed by atoms with Crippen molar-refractivity contribution in [2.45, 2.75) is 38.0 Å². The highest BCUT2D eigenvalue weighted by atomic mass is 32.2. The molecule has 4 rings (SSSR count). The van der Waals surface area contributed by atoms with Gasteiger partial charge in [-0.2, -0.15) is 0 Å². The van der Waals surface area contributed by atoms with Crippen LogP contribution in [-0.2, 0) is 10.0 Å². The second-order valence-electron chi connectivity index (χ2n) is 7.22. The number of benzene rings is 1. The fraction of sp³-hybridized carbons (Fsp3) is 0.350. The number of aromatic nitrogens is 2. The second-order valence-corrected chi connectivity index (χ2v) is 9.62. The van der Waals surface area contributed by atoms with E-state index in [9.17, 15) is 8.42 Å². The molecule has 1 saturated heterocycles. The molecule has 1 aliphatic heterocycles. The van der Waals surface area contributed by atoms with Gasteiger partial charge >= 0.3 is 0 Å². The third kappa shape index (κ3) is 3.59. The van der Waals surface area contributed by atoms with E-state index < -0.39 is 10.0 Å². The van der Waals surface area contributed by atoms with Gasteiger partial charge in [0.1, 0.15) is 0 Å². The van der Waals surface area contributed by atoms with E-state index in [1.807, 2.05) is 6.92 Å². The minimum absolute atomic E-state index is 0.115. The summed E-state index contributed by atoms with van der Waals surface area (Å²) in [6, 6.07) is 8.78. The summed E-state index contributed by atoms with van der Waals surface area (Å²) in [6.07, 6.45) is 3.77. The van der Waals surface area contributed by atoms with Crippen molar-refractivity contribution in [3.8, 4) is 16.9 Å². The fourth-order valence-electron chi connectivity index (χ4n) is 3.82. The molecule has 0 saturated carbocycles. The lowest BCUT2D eigenvalue weighted by Crippen LogP contribution is -2.29. The number of thiazole rings is 1. The van der Waals surface area contributed by atoms with E-state index in [0.29, 0.717) is 0 Å². The van der Waals surface area contributed by atoms with Crippen molar-refractivity contribution in [2.75, 3.05) is 18.0 Å². The summed E-state index contributed by atoms with van der Waals surface area (Å²) in [7, 11) is -3.69. The Kier molecular flexibility index (Phi) is 5.03. The molecule has 1 aliphatic rings. The zero-order chi connectivity index (χ0) is 19.9. The molecule has 3 aromatic rings. The van der Waals surface area contributed by atoms with Crippen LogP contribution in [0.3, 0.4) is 0 Å². The normalized spacial score (nSPS) is 15.2. The average molecular weight is 417 g/mol. The Labute approximate surface area is 169 Å². The quantitative estimate of drug-likeness (QED) is 0.700. The average Bonchev–Trinajstić information content (AvgIpc) is 3.27. The van der Waals surface area contributed by atoms with Gasteiger partial charge in [0, 0.05) is 41.1 Å². The molecule has 1 aromatic carbocycles. The van der Waals surface area contributed by atoms with E-state index in [4.69, 9.17) is 10.1 Å². The van der Waals surface area contributed by atoms with Crippen LogP contribution in [0.4, 0.5) is 5.13 Å². The highest BCUT2D eigenvalue weighted by Crippen LogP contribution is 2.33. The molecule has 148 valence electrons. The lowest BCUT2D eigenvalue weighted by atomic mass is 10.1. The smallest absolute Gasteiger partial charge is 0.238 e. The largest absolute Gasteiger partial charge is 0.348 e. The number of sulfonamides is 1. The Hall–Kier alpha value is -2.16. The first kappa shape index (κ1) is 19.2. The molecule has 0 amide bonds. The third-order valence-corrected chi connectivity index (χ3v) is 7.08. The maximum atomic E-state index is 11.5. The molecule has 0 spiro atoms. The number of hydrogen-bond donors (Lipinski definition) is 1. The van der Waals surface area contributed by atoms with Gasteiger partial charge < -0.3 is 9.47 Å². The molecule has 0 bridgehead atoms. The number of nitrogens with zero attached hydrogens (tertiary/aromatic N) is 3. The first-order valence-corrected chi connectivity index (χ1v) is 11.8. The first-order valence-electron chi connectivity index (χ1n) is 9.37. The Morgan fingerprint density at radius 2 is 1.75 bits per heavy atom. The molecule has 3 heterocycles. The van der Waals surface area contributed by atoms with Crippen LogP contribution in [-0.4, -0.2) is 31.1 Å². The molecule has 0 unspecified atom stereocenters. The molecule has 2 N–H and O–H groups in total. The van der Waals surface area contributed by atoms with E-state index >= 15 is 0 Å². The minimum atomic E-state index is -3.69. The molecule has 1 fully saturated rings. The minimum Gasteiger partial charge on any atom is -0.348 e. The van der Waals surface area contributed by atoms with Gasteiger partial charge in [-0.1, -0.05) is 0 Å². The lowest BCUT2D eigenvalue weighted by Gasteiger charge is -2.25. The summed E-state index contributed by atoms with van der Waals surface area (Å²) >= 11 is 1.70. The van der Waals surface area contributed by atoms with E-state index in [0.717, 1.165) is 46.6 Å². The van der Waals surface area contributed by atoms with Gasteiger partial charge in [0.05, 0.1) is 10.6 Å². The maximum absolute atomic E-state index is 11.5. The van der Waals surface area contributed by atoms with E-state index in [2.05, 4.69) is 27.8 Å². The zero-order valence-electron chi connectivity index (χ0n) is 16.1. The third-order valence-electron chi connectivity index (χ3n) is 5.25. The molecular weight excluding hydrogens is 392 g/mol. The zero-order valence-corrected chi connectivity index (χ0v) is 17.7. The van der Waals surface area contributed by atoms with Crippen LogP contribution < -0.4 is 10.0 Å². The van der Waals surface area contributed by atoms with Gasteiger partial charge in [-0.3, -0.25) is 0 Å². The number of anilines is 1. The predicted molar refractivity (Wildman–Crippen MR) is 114 cm³/mol. The van der Waals surface area contributed by atoms with Crippen LogP contribution in [0.5, 0.6) is 0 Å². The van der Waals surface area contributed by atoms with Crippen molar-refractivity contribution >= 4 is 26.5 Å². The molecule has 2 aromatic heterocycles. The van der Waals surface area contributed by atoms with Crippen LogP contribution in [0.25, 0.3) is 16.9 Å². The Bertz CT molecular complexity index is 1090. The standard InChI is InChI=1S/C20H24N4O2S2/c1-14-12-18(19-13-27-20(22-19)23-10-4-3-5-11-23)15(2)24(14)16-6-8-17(9-7-16)28(21,25)26/h6-9,12-13H,3-5,10-11H2,1-2H3,(H2,21,25,26). The molecule has 8 heteroatoms. The lowest BCUT2D eigenvalue weighted by molar-refractivity contribution is 0.577. The summed E-state index contributed by atoms with van der Waals surface area (Å²) in [5.74, 6) is 0. The fourth-order valence-corrected chi connectivity index (χ4v) is 5.22. The molecule has 0 radical (unpaired) electrons. The van der Waals surface area contributed by atoms with Crippen LogP contribution >= 0.6 is 11.3 Å². The molecular formula is C20H24N4O2S2.